The van der Waals surface area contributed by atoms with E-state index in [1.807, 2.05) is 0 Å². The molecule has 4 aromatic rings. The maximum Gasteiger partial charge on any atom is 0.435 e. The van der Waals surface area contributed by atoms with Crippen LogP contribution >= 0.6 is 34.8 Å². The van der Waals surface area contributed by atoms with Crippen molar-refractivity contribution in [1.82, 2.24) is 19.7 Å². The van der Waals surface area contributed by atoms with E-state index in [9.17, 15) is 13.2 Å². The number of hydrogen-bond acceptors (Lipinski definition) is 5. The van der Waals surface area contributed by atoms with Crippen LogP contribution in [0.25, 0.3) is 16.9 Å². The molecule has 0 aliphatic rings. The van der Waals surface area contributed by atoms with Gasteiger partial charge < -0.3 is 4.74 Å². The maximum atomic E-state index is 14.2. The van der Waals surface area contributed by atoms with Gasteiger partial charge in [-0.1, -0.05) is 65.1 Å². The molecule has 0 N–H and O–H groups in total. The lowest BCUT2D eigenvalue weighted by Gasteiger charge is -2.10. The third-order valence-electron chi connectivity index (χ3n) is 4.58. The normalized spacial score (nSPS) is 11.9. The number of nitrogens with zero attached hydrogens (tertiary/aromatic N) is 5. The fourth-order valence-corrected chi connectivity index (χ4v) is 3.72. The van der Waals surface area contributed by atoms with Crippen LogP contribution < -0.4 is 4.74 Å². The van der Waals surface area contributed by atoms with Gasteiger partial charge in [0, 0.05) is 18.6 Å². The van der Waals surface area contributed by atoms with Crippen molar-refractivity contribution in [2.24, 2.45) is 4.99 Å². The zero-order valence-electron chi connectivity index (χ0n) is 17.2. The Balaban J connectivity index is 2.08. The first-order chi connectivity index (χ1) is 16.2. The van der Waals surface area contributed by atoms with E-state index in [4.69, 9.17) is 39.5 Å². The number of hydrogen-bond donors (Lipinski definition) is 0. The Kier molecular flexibility index (Phi) is 6.79. The van der Waals surface area contributed by atoms with E-state index in [0.717, 1.165) is 4.68 Å². The highest BCUT2D eigenvalue weighted by Crippen LogP contribution is 2.46. The number of halogens is 6. The Bertz CT molecular complexity index is 1350. The molecule has 4 rings (SSSR count). The summed E-state index contributed by atoms with van der Waals surface area (Å²) in [6.07, 6.45) is -0.818. The van der Waals surface area contributed by atoms with Gasteiger partial charge in [0.15, 0.2) is 11.5 Å². The molecular formula is C22H13Cl3F3N5O. The van der Waals surface area contributed by atoms with E-state index in [-0.39, 0.29) is 43.7 Å². The molecule has 2 aromatic heterocycles. The lowest BCUT2D eigenvalue weighted by molar-refractivity contribution is -0.140. The van der Waals surface area contributed by atoms with Crippen LogP contribution in [0.5, 0.6) is 5.88 Å². The number of benzene rings is 2. The fraction of sp³-hybridized carbons (Fsp3) is 0.0909. The largest absolute Gasteiger partial charge is 0.478 e. The summed E-state index contributed by atoms with van der Waals surface area (Å²) >= 11 is 18.3. The van der Waals surface area contributed by atoms with Crippen LogP contribution in [-0.4, -0.2) is 33.1 Å². The Morgan fingerprint density at radius 2 is 1.65 bits per heavy atom. The van der Waals surface area contributed by atoms with E-state index in [0.29, 0.717) is 5.56 Å². The quantitative estimate of drug-likeness (QED) is 0.206. The van der Waals surface area contributed by atoms with Gasteiger partial charge in [-0.05, 0) is 23.3 Å². The number of rotatable bonds is 5. The maximum absolute atomic E-state index is 14.2. The Morgan fingerprint density at radius 3 is 2.26 bits per heavy atom. The minimum Gasteiger partial charge on any atom is -0.478 e. The molecule has 0 radical (unpaired) electrons. The molecule has 174 valence electrons. The highest BCUT2D eigenvalue weighted by Gasteiger charge is 2.41. The Labute approximate surface area is 206 Å². The molecule has 0 amide bonds. The van der Waals surface area contributed by atoms with Gasteiger partial charge in [0.25, 0.3) is 5.88 Å². The van der Waals surface area contributed by atoms with Crippen molar-refractivity contribution >= 4 is 46.8 Å². The van der Waals surface area contributed by atoms with E-state index in [2.05, 4.69) is 20.1 Å². The monoisotopic (exact) mass is 525 g/mol. The van der Waals surface area contributed by atoms with Crippen LogP contribution in [0.3, 0.4) is 0 Å². The molecule has 0 unspecified atom stereocenters. The summed E-state index contributed by atoms with van der Waals surface area (Å²) in [6.45, 7) is 0. The minimum atomic E-state index is -4.86. The lowest BCUT2D eigenvalue weighted by atomic mass is 10.0. The van der Waals surface area contributed by atoms with Crippen molar-refractivity contribution in [3.05, 3.63) is 81.2 Å². The Morgan fingerprint density at radius 1 is 1.00 bits per heavy atom. The Hall–Kier alpha value is -3.14. The highest BCUT2D eigenvalue weighted by atomic mass is 35.5. The average molecular weight is 527 g/mol. The number of alkyl halides is 3. The molecule has 0 atom stereocenters. The molecule has 12 heteroatoms. The minimum absolute atomic E-state index is 0.0120. The van der Waals surface area contributed by atoms with Crippen molar-refractivity contribution in [3.63, 3.8) is 0 Å². The topological polar surface area (TPSA) is 65.2 Å². The molecule has 0 saturated carbocycles. The summed E-state index contributed by atoms with van der Waals surface area (Å²) in [6, 6.07) is 11.4. The number of methoxy groups -OCH3 is 1. The third-order valence-corrected chi connectivity index (χ3v) is 5.77. The van der Waals surface area contributed by atoms with Gasteiger partial charge in [0.2, 0.25) is 5.82 Å². The predicted molar refractivity (Wildman–Crippen MR) is 125 cm³/mol. The van der Waals surface area contributed by atoms with Crippen LogP contribution in [0.1, 0.15) is 11.3 Å². The van der Waals surface area contributed by atoms with Crippen LogP contribution in [0.15, 0.2) is 59.9 Å². The second kappa shape index (κ2) is 9.61. The van der Waals surface area contributed by atoms with Gasteiger partial charge in [-0.2, -0.15) is 23.0 Å². The third kappa shape index (κ3) is 4.72. The first-order valence-corrected chi connectivity index (χ1v) is 10.6. The summed E-state index contributed by atoms with van der Waals surface area (Å²) in [5, 5.41) is 3.76. The van der Waals surface area contributed by atoms with E-state index in [1.54, 1.807) is 30.3 Å². The van der Waals surface area contributed by atoms with Gasteiger partial charge >= 0.3 is 6.18 Å². The summed E-state index contributed by atoms with van der Waals surface area (Å²) in [7, 11) is 1.31. The smallest absolute Gasteiger partial charge is 0.435 e. The molecule has 0 bridgehead atoms. The molecule has 0 spiro atoms. The first-order valence-electron chi connectivity index (χ1n) is 9.50. The molecule has 0 saturated heterocycles. The molecule has 0 aliphatic heterocycles. The second-order valence-electron chi connectivity index (χ2n) is 6.77. The van der Waals surface area contributed by atoms with Gasteiger partial charge in [-0.3, -0.25) is 0 Å². The van der Waals surface area contributed by atoms with Crippen LogP contribution in [0.2, 0.25) is 15.1 Å². The molecule has 2 aromatic carbocycles. The van der Waals surface area contributed by atoms with E-state index < -0.39 is 11.9 Å². The predicted octanol–water partition coefficient (Wildman–Crippen LogP) is 7.07. The number of ether oxygens (including phenoxy) is 1. The van der Waals surface area contributed by atoms with Crippen molar-refractivity contribution in [1.29, 1.82) is 0 Å². The fourth-order valence-electron chi connectivity index (χ4n) is 3.12. The van der Waals surface area contributed by atoms with Crippen LogP contribution in [-0.2, 0) is 6.18 Å². The zero-order chi connectivity index (χ0) is 24.5. The number of aliphatic imine (C=N–C) groups is 1. The van der Waals surface area contributed by atoms with Crippen LogP contribution in [0, 0.1) is 0 Å². The molecule has 2 heterocycles. The van der Waals surface area contributed by atoms with Crippen molar-refractivity contribution < 1.29 is 17.9 Å². The number of aromatic nitrogens is 4. The summed E-state index contributed by atoms with van der Waals surface area (Å²) < 4.78 is 48.6. The second-order valence-corrected chi connectivity index (χ2v) is 7.96. The first kappa shape index (κ1) is 24.0. The molecule has 34 heavy (non-hydrogen) atoms. The summed E-state index contributed by atoms with van der Waals surface area (Å²) in [5.41, 5.74) is -0.934. The molecule has 0 fully saturated rings. The molecular weight excluding hydrogens is 514 g/mol. The van der Waals surface area contributed by atoms with Crippen LogP contribution in [0.4, 0.5) is 19.0 Å². The zero-order valence-corrected chi connectivity index (χ0v) is 19.5. The van der Waals surface area contributed by atoms with E-state index in [1.165, 1.54) is 37.9 Å². The van der Waals surface area contributed by atoms with E-state index >= 15 is 0 Å². The van der Waals surface area contributed by atoms with Gasteiger partial charge in [0.1, 0.15) is 0 Å². The SMILES string of the molecule is COc1nccnc1-n1nc(C(F)(F)F)c(-c2cc(Cl)c(Cl)c(Cl)c2)c1/N=C/c1ccccc1. The van der Waals surface area contributed by atoms with Gasteiger partial charge in [-0.25, -0.2) is 15.0 Å². The summed E-state index contributed by atoms with van der Waals surface area (Å²) in [4.78, 5) is 12.5. The standard InChI is InChI=1S/C22H13Cl3F3N5O/c1-34-21-20(29-7-8-30-21)33-19(31-11-12-5-3-2-4-6-12)16(18(32-33)22(26,27)28)13-9-14(23)17(25)15(24)10-13/h2-11H,1H3/b31-11+. The van der Waals surface area contributed by atoms with Crippen molar-refractivity contribution in [2.75, 3.05) is 7.11 Å². The highest BCUT2D eigenvalue weighted by molar-refractivity contribution is 6.48. The lowest BCUT2D eigenvalue weighted by Crippen LogP contribution is -2.09. The summed E-state index contributed by atoms with van der Waals surface area (Å²) in [5.74, 6) is -0.328. The van der Waals surface area contributed by atoms with Crippen molar-refractivity contribution in [2.45, 2.75) is 6.18 Å². The molecule has 6 nitrogen and oxygen atoms in total. The molecule has 0 aliphatic carbocycles. The van der Waals surface area contributed by atoms with Gasteiger partial charge in [0.05, 0.1) is 27.7 Å². The van der Waals surface area contributed by atoms with Gasteiger partial charge in [-0.15, -0.1) is 0 Å². The average Bonchev–Trinajstić information content (AvgIpc) is 3.21. The van der Waals surface area contributed by atoms with Crippen molar-refractivity contribution in [3.8, 4) is 22.8 Å².